The zero-order valence-corrected chi connectivity index (χ0v) is 15.3. The first-order valence-corrected chi connectivity index (χ1v) is 8.75. The molecule has 3 rings (SSSR count). The number of piperidine rings is 1. The van der Waals surface area contributed by atoms with Crippen LogP contribution in [0.1, 0.15) is 43.0 Å². The van der Waals surface area contributed by atoms with Gasteiger partial charge in [-0.3, -0.25) is 4.79 Å². The molecule has 1 aromatic rings. The van der Waals surface area contributed by atoms with Crippen LogP contribution < -0.4 is 16.4 Å². The first-order valence-electron chi connectivity index (χ1n) is 8.75. The Morgan fingerprint density at radius 2 is 1.88 bits per heavy atom. The monoisotopic (exact) mass is 366 g/mol. The summed E-state index contributed by atoms with van der Waals surface area (Å²) >= 11 is 0. The highest BCUT2D eigenvalue weighted by Crippen LogP contribution is 2.22. The van der Waals surface area contributed by atoms with Crippen LogP contribution in [0.3, 0.4) is 0 Å². The lowest BCUT2D eigenvalue weighted by Gasteiger charge is -2.33. The van der Waals surface area contributed by atoms with Crippen molar-refractivity contribution in [2.75, 3.05) is 18.4 Å². The summed E-state index contributed by atoms with van der Waals surface area (Å²) in [7, 11) is 0. The second-order valence-electron chi connectivity index (χ2n) is 6.94. The van der Waals surface area contributed by atoms with Crippen LogP contribution in [-0.4, -0.2) is 42.0 Å². The van der Waals surface area contributed by atoms with E-state index < -0.39 is 0 Å². The number of halogens is 1. The van der Waals surface area contributed by atoms with Crippen molar-refractivity contribution in [3.05, 3.63) is 29.8 Å². The number of nitrogens with one attached hydrogen (secondary N) is 2. The number of hydrogen-bond donors (Lipinski definition) is 3. The van der Waals surface area contributed by atoms with Gasteiger partial charge < -0.3 is 21.3 Å². The van der Waals surface area contributed by atoms with Crippen LogP contribution in [0.25, 0.3) is 0 Å². The molecule has 2 aliphatic rings. The first kappa shape index (κ1) is 19.5. The molecule has 138 valence electrons. The molecule has 0 aromatic heterocycles. The SMILES string of the molecule is CC(N)C1CCN(C(=O)c2cccc(NC(=O)NC3CC3)c2)CC1.Cl. The Labute approximate surface area is 154 Å². The number of amides is 3. The molecule has 7 heteroatoms. The molecule has 3 amide bonds. The van der Waals surface area contributed by atoms with E-state index in [0.29, 0.717) is 23.2 Å². The number of carbonyl (C=O) groups excluding carboxylic acids is 2. The minimum atomic E-state index is -0.208. The first-order chi connectivity index (χ1) is 11.5. The third kappa shape index (κ3) is 5.34. The van der Waals surface area contributed by atoms with Gasteiger partial charge >= 0.3 is 6.03 Å². The van der Waals surface area contributed by atoms with E-state index >= 15 is 0 Å². The number of anilines is 1. The molecule has 1 aromatic carbocycles. The third-order valence-electron chi connectivity index (χ3n) is 4.85. The topological polar surface area (TPSA) is 87.5 Å². The minimum absolute atomic E-state index is 0. The van der Waals surface area contributed by atoms with Crippen LogP contribution in [0.5, 0.6) is 0 Å². The molecule has 0 spiro atoms. The predicted octanol–water partition coefficient (Wildman–Crippen LogP) is 2.59. The molecule has 4 N–H and O–H groups in total. The molecule has 0 radical (unpaired) electrons. The van der Waals surface area contributed by atoms with Gasteiger partial charge in [0.25, 0.3) is 5.91 Å². The number of benzene rings is 1. The van der Waals surface area contributed by atoms with Crippen LogP contribution in [0.15, 0.2) is 24.3 Å². The summed E-state index contributed by atoms with van der Waals surface area (Å²) in [5.74, 6) is 0.512. The van der Waals surface area contributed by atoms with Crippen LogP contribution in [0.2, 0.25) is 0 Å². The van der Waals surface area contributed by atoms with Crippen LogP contribution >= 0.6 is 12.4 Å². The smallest absolute Gasteiger partial charge is 0.319 e. The average Bonchev–Trinajstić information content (AvgIpc) is 3.38. The van der Waals surface area contributed by atoms with Gasteiger partial charge in [0.1, 0.15) is 0 Å². The maximum atomic E-state index is 12.7. The third-order valence-corrected chi connectivity index (χ3v) is 4.85. The number of hydrogen-bond acceptors (Lipinski definition) is 3. The molecule has 0 bridgehead atoms. The normalized spacial score (nSPS) is 18.9. The Hall–Kier alpha value is -1.79. The summed E-state index contributed by atoms with van der Waals surface area (Å²) in [5, 5.41) is 5.67. The van der Waals surface area contributed by atoms with Crippen LogP contribution in [0.4, 0.5) is 10.5 Å². The molecule has 2 fully saturated rings. The second kappa shape index (κ2) is 8.54. The van der Waals surface area contributed by atoms with Gasteiger partial charge in [-0.05, 0) is 56.7 Å². The highest BCUT2D eigenvalue weighted by atomic mass is 35.5. The van der Waals surface area contributed by atoms with Gasteiger partial charge in [0, 0.05) is 36.4 Å². The van der Waals surface area contributed by atoms with E-state index in [1.165, 1.54) is 0 Å². The van der Waals surface area contributed by atoms with E-state index in [0.717, 1.165) is 38.8 Å². The van der Waals surface area contributed by atoms with E-state index in [-0.39, 0.29) is 30.4 Å². The summed E-state index contributed by atoms with van der Waals surface area (Å²) in [6.45, 7) is 3.51. The zero-order chi connectivity index (χ0) is 17.1. The van der Waals surface area contributed by atoms with Gasteiger partial charge in [0.2, 0.25) is 0 Å². The molecule has 1 saturated carbocycles. The fraction of sp³-hybridized carbons (Fsp3) is 0.556. The quantitative estimate of drug-likeness (QED) is 0.765. The Bertz CT molecular complexity index is 611. The lowest BCUT2D eigenvalue weighted by atomic mass is 9.90. The van der Waals surface area contributed by atoms with Gasteiger partial charge in [-0.1, -0.05) is 6.07 Å². The number of rotatable bonds is 4. The number of nitrogens with two attached hydrogens (primary N) is 1. The average molecular weight is 367 g/mol. The maximum absolute atomic E-state index is 12.7. The summed E-state index contributed by atoms with van der Waals surface area (Å²) < 4.78 is 0. The van der Waals surface area contributed by atoms with Gasteiger partial charge in [0.05, 0.1) is 0 Å². The van der Waals surface area contributed by atoms with Crippen LogP contribution in [-0.2, 0) is 0 Å². The summed E-state index contributed by atoms with van der Waals surface area (Å²) in [6, 6.07) is 7.41. The molecular formula is C18H27ClN4O2. The number of urea groups is 1. The maximum Gasteiger partial charge on any atom is 0.319 e. The minimum Gasteiger partial charge on any atom is -0.339 e. The van der Waals surface area contributed by atoms with Crippen molar-refractivity contribution in [2.24, 2.45) is 11.7 Å². The molecule has 1 saturated heterocycles. The fourth-order valence-electron chi connectivity index (χ4n) is 3.12. The largest absolute Gasteiger partial charge is 0.339 e. The van der Waals surface area contributed by atoms with Crippen molar-refractivity contribution in [1.82, 2.24) is 10.2 Å². The van der Waals surface area contributed by atoms with E-state index in [1.807, 2.05) is 11.8 Å². The summed E-state index contributed by atoms with van der Waals surface area (Å²) in [5.41, 5.74) is 7.21. The standard InChI is InChI=1S/C18H26N4O2.ClH/c1-12(19)13-7-9-22(10-8-13)17(23)14-3-2-4-16(11-14)21-18(24)20-15-5-6-15;/h2-4,11-13,15H,5-10,19H2,1H3,(H2,20,21,24);1H. The molecule has 6 nitrogen and oxygen atoms in total. The van der Waals surface area contributed by atoms with Crippen molar-refractivity contribution in [2.45, 2.75) is 44.7 Å². The van der Waals surface area contributed by atoms with E-state index in [4.69, 9.17) is 5.73 Å². The lowest BCUT2D eigenvalue weighted by molar-refractivity contribution is 0.0681. The van der Waals surface area contributed by atoms with E-state index in [9.17, 15) is 9.59 Å². The van der Waals surface area contributed by atoms with Crippen LogP contribution in [0, 0.1) is 5.92 Å². The molecule has 1 atom stereocenters. The van der Waals surface area contributed by atoms with Crippen molar-refractivity contribution in [3.8, 4) is 0 Å². The van der Waals surface area contributed by atoms with Gasteiger partial charge in [-0.15, -0.1) is 12.4 Å². The molecule has 25 heavy (non-hydrogen) atoms. The molecule has 1 heterocycles. The van der Waals surface area contributed by atoms with Crippen molar-refractivity contribution in [3.63, 3.8) is 0 Å². The Morgan fingerprint density at radius 1 is 1.20 bits per heavy atom. The van der Waals surface area contributed by atoms with E-state index in [2.05, 4.69) is 10.6 Å². The Kier molecular flexibility index (Phi) is 6.67. The highest BCUT2D eigenvalue weighted by Gasteiger charge is 2.26. The number of nitrogens with zero attached hydrogens (tertiary/aromatic N) is 1. The molecular weight excluding hydrogens is 340 g/mol. The van der Waals surface area contributed by atoms with Crippen molar-refractivity contribution >= 4 is 30.0 Å². The molecule has 1 aliphatic carbocycles. The van der Waals surface area contributed by atoms with Gasteiger partial charge in [-0.2, -0.15) is 0 Å². The lowest BCUT2D eigenvalue weighted by Crippen LogP contribution is -2.42. The zero-order valence-electron chi connectivity index (χ0n) is 14.5. The van der Waals surface area contributed by atoms with Crippen molar-refractivity contribution < 1.29 is 9.59 Å². The fourth-order valence-corrected chi connectivity index (χ4v) is 3.12. The van der Waals surface area contributed by atoms with Gasteiger partial charge in [-0.25, -0.2) is 4.79 Å². The van der Waals surface area contributed by atoms with E-state index in [1.54, 1.807) is 24.3 Å². The Balaban J connectivity index is 0.00000225. The number of likely N-dealkylation sites (tertiary alicyclic amines) is 1. The second-order valence-corrected chi connectivity index (χ2v) is 6.94. The molecule has 1 aliphatic heterocycles. The predicted molar refractivity (Wildman–Crippen MR) is 101 cm³/mol. The Morgan fingerprint density at radius 3 is 2.48 bits per heavy atom. The number of carbonyl (C=O) groups is 2. The molecule has 1 unspecified atom stereocenters. The highest BCUT2D eigenvalue weighted by molar-refractivity contribution is 5.97. The summed E-state index contributed by atoms with van der Waals surface area (Å²) in [4.78, 5) is 26.4. The van der Waals surface area contributed by atoms with Crippen molar-refractivity contribution in [1.29, 1.82) is 0 Å². The van der Waals surface area contributed by atoms with Gasteiger partial charge in [0.15, 0.2) is 0 Å². The summed E-state index contributed by atoms with van der Waals surface area (Å²) in [6.07, 6.45) is 3.99.